The second-order valence-corrected chi connectivity index (χ2v) is 31.9. The maximum atomic E-state index is 13.4. The number of nitrogens with one attached hydrogen (secondary N) is 1. The minimum Gasteiger partial charge on any atom is -0.460 e. The number of alkyl halides is 1. The van der Waals surface area contributed by atoms with Gasteiger partial charge in [-0.3, -0.25) is 8.98 Å². The molecular weight excluding hydrogens is 1240 g/mol. The molecule has 1 aliphatic carbocycles. The van der Waals surface area contributed by atoms with E-state index < -0.39 is 86.9 Å². The number of nitrogens with zero attached hydrogens (tertiary/aromatic N) is 13. The first-order valence-electron chi connectivity index (χ1n) is 32.0. The Hall–Kier alpha value is -5.84. The standard InChI is InChI=1S/C12H23NO5S.C12H22O3.C11H20N4O2.C10H17FN4O2.C10H18N4O3.C6H13NO/c1-9-6-10(18-19(5,15)16)8-13(7-9)11(14)17-12(2,3)4;1-8-5-9(7-10(13)6-8)11(14)15-12(2,3)4;1-8-5-9(13-14-12)7-15(6-8)10(16)17-11(2,3)4;1-10(2,3)17-9(16)15-5-7(11)4-8(6-15)13-14-12;1-10(2,3)17-9(16)14-5-7(12-13-11)4-8(15)6-14;1-5-2-6(8)4-7-3-5/h9-10H,6-8H2,1-5H3;8-10,13H,5-7H2,1-4H3;8-9H,5-7H2,1-4H3;7-8H,4-6H2,1-3H3;7-8,15H,4-6H2,1-3H3;5-8H,2-4H2,1H3/t9-,10+;8-,9?,10-;8-,9-;7-,8+;7-,8-;5-,6+/m101011/s1. The number of halogens is 1. The van der Waals surface area contributed by atoms with Crippen LogP contribution in [0.15, 0.2) is 15.3 Å². The van der Waals surface area contributed by atoms with Gasteiger partial charge < -0.3 is 63.9 Å². The number of aliphatic hydroxyl groups is 3. The van der Waals surface area contributed by atoms with E-state index in [4.69, 9.17) is 49.6 Å². The van der Waals surface area contributed by atoms with E-state index in [9.17, 15) is 47.0 Å². The van der Waals surface area contributed by atoms with Gasteiger partial charge in [-0.05, 0) is 202 Å². The number of carbonyl (C=O) groups is 5. The molecule has 5 saturated heterocycles. The van der Waals surface area contributed by atoms with Crippen molar-refractivity contribution in [2.45, 2.75) is 260 Å². The first-order chi connectivity index (χ1) is 42.5. The number of piperidine rings is 5. The molecule has 0 bridgehead atoms. The number of β-amino-alcohol motifs (C(OH)–C–C–N with tert-alkyl or cyclic N) is 2. The van der Waals surface area contributed by atoms with Gasteiger partial charge in [0.2, 0.25) is 0 Å². The fourth-order valence-electron chi connectivity index (χ4n) is 10.6. The lowest BCUT2D eigenvalue weighted by Gasteiger charge is -2.36. The molecule has 4 amide bonds. The molecule has 30 nitrogen and oxygen atoms in total. The van der Waals surface area contributed by atoms with Crippen molar-refractivity contribution in [3.8, 4) is 0 Å². The third-order valence-corrected chi connectivity index (χ3v) is 14.4. The number of esters is 1. The molecule has 0 aromatic carbocycles. The lowest BCUT2D eigenvalue weighted by molar-refractivity contribution is -0.163. The average Bonchev–Trinajstić information content (AvgIpc) is 1.61. The summed E-state index contributed by atoms with van der Waals surface area (Å²) in [6, 6.07) is -1.05. The van der Waals surface area contributed by atoms with Crippen LogP contribution >= 0.6 is 0 Å². The molecule has 1 saturated carbocycles. The number of hydrogen-bond acceptors (Lipinski definition) is 20. The summed E-state index contributed by atoms with van der Waals surface area (Å²) in [5.41, 5.74) is 22.4. The van der Waals surface area contributed by atoms with Crippen molar-refractivity contribution in [2.75, 3.05) is 71.7 Å². The van der Waals surface area contributed by atoms with Gasteiger partial charge in [0, 0.05) is 60.5 Å². The first kappa shape index (κ1) is 85.2. The number of azide groups is 3. The van der Waals surface area contributed by atoms with Gasteiger partial charge in [-0.15, -0.1) is 0 Å². The number of carbonyl (C=O) groups excluding carboxylic acids is 5. The molecule has 5 aliphatic heterocycles. The quantitative estimate of drug-likeness (QED) is 0.0479. The number of likely N-dealkylation sites (tertiary alicyclic amines) is 4. The Morgan fingerprint density at radius 1 is 0.452 bits per heavy atom. The van der Waals surface area contributed by atoms with Gasteiger partial charge in [0.05, 0.1) is 67.8 Å². The number of amides is 4. The highest BCUT2D eigenvalue weighted by Crippen LogP contribution is 2.31. The number of aliphatic hydroxyl groups excluding tert-OH is 3. The highest BCUT2D eigenvalue weighted by Gasteiger charge is 2.37. The molecule has 6 fully saturated rings. The van der Waals surface area contributed by atoms with Crippen LogP contribution in [0.3, 0.4) is 0 Å². The Morgan fingerprint density at radius 3 is 1.20 bits per heavy atom. The molecule has 1 unspecified atom stereocenters. The summed E-state index contributed by atoms with van der Waals surface area (Å²) >= 11 is 0. The lowest BCUT2D eigenvalue weighted by atomic mass is 9.81. The number of ether oxygens (including phenoxy) is 5. The van der Waals surface area contributed by atoms with Crippen LogP contribution in [0.2, 0.25) is 0 Å². The molecule has 4 N–H and O–H groups in total. The molecule has 6 aliphatic rings. The number of hydrogen-bond donors (Lipinski definition) is 4. The summed E-state index contributed by atoms with van der Waals surface area (Å²) in [6.07, 6.45) is 1.55. The fraction of sp³-hybridized carbons (Fsp3) is 0.918. The Labute approximate surface area is 550 Å². The minimum atomic E-state index is -3.51. The van der Waals surface area contributed by atoms with E-state index in [1.165, 1.54) is 14.7 Å². The van der Waals surface area contributed by atoms with E-state index in [1.807, 2.05) is 55.4 Å². The molecule has 536 valence electrons. The first-order valence-corrected chi connectivity index (χ1v) is 33.8. The molecule has 0 aromatic rings. The zero-order chi connectivity index (χ0) is 71.6. The van der Waals surface area contributed by atoms with Gasteiger partial charge >= 0.3 is 30.3 Å². The molecule has 5 heterocycles. The van der Waals surface area contributed by atoms with Crippen LogP contribution in [0.25, 0.3) is 31.3 Å². The summed E-state index contributed by atoms with van der Waals surface area (Å²) < 4.78 is 66.9. The van der Waals surface area contributed by atoms with Crippen LogP contribution in [-0.2, 0) is 42.8 Å². The van der Waals surface area contributed by atoms with Gasteiger partial charge in [0.15, 0.2) is 0 Å². The van der Waals surface area contributed by atoms with E-state index in [0.717, 1.165) is 45.0 Å². The zero-order valence-corrected chi connectivity index (χ0v) is 59.8. The van der Waals surface area contributed by atoms with Gasteiger partial charge in [0.1, 0.15) is 34.2 Å². The summed E-state index contributed by atoms with van der Waals surface area (Å²) in [7, 11) is -3.51. The van der Waals surface area contributed by atoms with E-state index in [2.05, 4.69) is 49.2 Å². The van der Waals surface area contributed by atoms with Gasteiger partial charge in [-0.2, -0.15) is 8.42 Å². The van der Waals surface area contributed by atoms with Gasteiger partial charge in [-0.25, -0.2) is 23.6 Å². The maximum absolute atomic E-state index is 13.4. The van der Waals surface area contributed by atoms with Crippen molar-refractivity contribution in [3.05, 3.63) is 31.3 Å². The van der Waals surface area contributed by atoms with Crippen LogP contribution in [0.5, 0.6) is 0 Å². The Morgan fingerprint density at radius 2 is 0.828 bits per heavy atom. The monoisotopic (exact) mass is 1350 g/mol. The Kier molecular flexibility index (Phi) is 35.4. The third-order valence-electron chi connectivity index (χ3n) is 13.8. The van der Waals surface area contributed by atoms with Crippen LogP contribution < -0.4 is 5.32 Å². The fourth-order valence-corrected chi connectivity index (χ4v) is 11.3. The normalized spacial score (nSPS) is 27.5. The van der Waals surface area contributed by atoms with Gasteiger partial charge in [0.25, 0.3) is 10.1 Å². The maximum Gasteiger partial charge on any atom is 0.410 e. The van der Waals surface area contributed by atoms with Crippen LogP contribution in [0.4, 0.5) is 23.6 Å². The topological polar surface area (TPSA) is 407 Å². The van der Waals surface area contributed by atoms with Crippen molar-refractivity contribution in [1.29, 1.82) is 0 Å². The number of rotatable bonds is 6. The minimum absolute atomic E-state index is 0.00758. The summed E-state index contributed by atoms with van der Waals surface area (Å²) in [5, 5.41) is 42.0. The zero-order valence-electron chi connectivity index (χ0n) is 59.0. The molecule has 32 heteroatoms. The Balaban J connectivity index is 0.000000565. The largest absolute Gasteiger partial charge is 0.460 e. The summed E-state index contributed by atoms with van der Waals surface area (Å²) in [4.78, 5) is 73.0. The molecule has 13 atom stereocenters. The molecule has 93 heavy (non-hydrogen) atoms. The average molecular weight is 1350 g/mol. The lowest BCUT2D eigenvalue weighted by Crippen LogP contribution is -2.49. The Bertz CT molecular complexity index is 2440. The van der Waals surface area contributed by atoms with Crippen LogP contribution in [-0.4, -0.2) is 222 Å². The van der Waals surface area contributed by atoms with E-state index in [0.29, 0.717) is 56.7 Å². The van der Waals surface area contributed by atoms with E-state index in [1.54, 1.807) is 67.2 Å². The smallest absolute Gasteiger partial charge is 0.410 e. The van der Waals surface area contributed by atoms with Crippen molar-refractivity contribution in [2.24, 2.45) is 44.9 Å². The molecule has 0 spiro atoms. The third kappa shape index (κ3) is 40.2. The van der Waals surface area contributed by atoms with Crippen molar-refractivity contribution in [1.82, 2.24) is 24.9 Å². The van der Waals surface area contributed by atoms with Crippen molar-refractivity contribution < 1.29 is 80.0 Å². The predicted octanol–water partition coefficient (Wildman–Crippen LogP) is 11.0. The second kappa shape index (κ2) is 38.6. The van der Waals surface area contributed by atoms with Crippen molar-refractivity contribution >= 4 is 40.5 Å². The highest BCUT2D eigenvalue weighted by molar-refractivity contribution is 7.86. The van der Waals surface area contributed by atoms with E-state index >= 15 is 0 Å². The molecule has 0 aromatic heterocycles. The van der Waals surface area contributed by atoms with E-state index in [-0.39, 0.29) is 81.3 Å². The van der Waals surface area contributed by atoms with Crippen LogP contribution in [0, 0.1) is 29.6 Å². The predicted molar refractivity (Wildman–Crippen MR) is 348 cm³/mol. The molecular formula is C61H113FN14O16S. The highest BCUT2D eigenvalue weighted by atomic mass is 32.2. The SMILES string of the molecule is CC(C)(C)OC(=O)N1C[C@@H](F)C[C@@H](N=[N+]=[N-])C1.CC(C)(C)OC(=O)N1C[C@H](O)C[C@@H](N=[N+]=[N-])C1.C[C@@H]1C[C@@H](N=[N+]=[N-])CN(C(=O)OC(C)(C)C)C1.C[C@@H]1C[C@H](OS(C)(=O)=O)CN(C(=O)OC(C)(C)C)C1.C[C@H]1CC(C(=O)OC(C)(C)C)C[C@@H](O)C1.C[C@H]1CNC[C@@H](O)C1. The molecule has 6 rings (SSSR count). The van der Waals surface area contributed by atoms with Crippen molar-refractivity contribution in [3.63, 3.8) is 0 Å². The summed E-state index contributed by atoms with van der Waals surface area (Å²) in [5.74, 6) is 1.28. The van der Waals surface area contributed by atoms with Crippen LogP contribution in [0.1, 0.15) is 183 Å². The second-order valence-electron chi connectivity index (χ2n) is 30.3. The summed E-state index contributed by atoms with van der Waals surface area (Å²) in [6.45, 7) is 39.7. The van der Waals surface area contributed by atoms with Gasteiger partial charge in [-0.1, -0.05) is 43.0 Å². The molecule has 0 radical (unpaired) electrons.